The molecule has 2 aromatic rings. The Labute approximate surface area is 149 Å². The van der Waals surface area contributed by atoms with Gasteiger partial charge in [-0.3, -0.25) is 4.21 Å². The van der Waals surface area contributed by atoms with E-state index >= 15 is 0 Å². The lowest BCUT2D eigenvalue weighted by Crippen LogP contribution is -2.29. The molecule has 3 rings (SSSR count). The lowest BCUT2D eigenvalue weighted by Gasteiger charge is -2.22. The highest BCUT2D eigenvalue weighted by Crippen LogP contribution is 2.34. The molecule has 0 amide bonds. The lowest BCUT2D eigenvalue weighted by molar-refractivity contribution is 0.204. The Balaban J connectivity index is 1.97. The smallest absolute Gasteiger partial charge is 0.223 e. The van der Waals surface area contributed by atoms with Gasteiger partial charge >= 0.3 is 0 Å². The van der Waals surface area contributed by atoms with Crippen LogP contribution in [0, 0.1) is 0 Å². The second-order valence-electron chi connectivity index (χ2n) is 6.92. The van der Waals surface area contributed by atoms with Gasteiger partial charge in [0, 0.05) is 40.2 Å². The molecule has 0 aliphatic heterocycles. The number of nitrogens with zero attached hydrogens (tertiary/aromatic N) is 2. The summed E-state index contributed by atoms with van der Waals surface area (Å²) in [5, 5.41) is 2.32. The zero-order valence-electron chi connectivity index (χ0n) is 14.1. The van der Waals surface area contributed by atoms with Crippen LogP contribution in [0.1, 0.15) is 38.7 Å². The molecule has 130 valence electrons. The summed E-state index contributed by atoms with van der Waals surface area (Å²) >= 11 is 6.07. The molecular weight excluding hydrogens is 346 g/mol. The van der Waals surface area contributed by atoms with Crippen molar-refractivity contribution in [1.82, 2.24) is 9.97 Å². The molecule has 24 heavy (non-hydrogen) atoms. The van der Waals surface area contributed by atoms with Gasteiger partial charge in [0.2, 0.25) is 5.88 Å². The molecule has 0 bridgehead atoms. The number of halogens is 1. The molecule has 3 unspecified atom stereocenters. The third-order valence-corrected chi connectivity index (χ3v) is 6.05. The standard InChI is InChI=1S/C17H22ClN3O2S/c1-17(2,19)14-9-21-16(13-8-20-15(18)7-12(13)14)23-10-4-5-11(6-10)24(3)22/h7-11H,4-6,19H2,1-3H3. The van der Waals surface area contributed by atoms with Crippen LogP contribution < -0.4 is 10.5 Å². The van der Waals surface area contributed by atoms with Gasteiger partial charge in [-0.05, 0) is 50.1 Å². The Hall–Kier alpha value is -1.24. The van der Waals surface area contributed by atoms with Gasteiger partial charge in [-0.1, -0.05) is 11.6 Å². The van der Waals surface area contributed by atoms with E-state index in [9.17, 15) is 4.21 Å². The quantitative estimate of drug-likeness (QED) is 0.840. The third-order valence-electron chi connectivity index (χ3n) is 4.48. The first-order valence-corrected chi connectivity index (χ1v) is 9.98. The Bertz CT molecular complexity index is 791. The van der Waals surface area contributed by atoms with E-state index in [-0.39, 0.29) is 11.4 Å². The van der Waals surface area contributed by atoms with E-state index in [1.54, 1.807) is 24.7 Å². The molecule has 1 aliphatic rings. The molecule has 7 heteroatoms. The van der Waals surface area contributed by atoms with Crippen molar-refractivity contribution >= 4 is 33.2 Å². The van der Waals surface area contributed by atoms with Crippen LogP contribution in [-0.4, -0.2) is 31.8 Å². The number of ether oxygens (including phenoxy) is 1. The molecule has 2 N–H and O–H groups in total. The molecular formula is C17H22ClN3O2S. The van der Waals surface area contributed by atoms with Gasteiger partial charge in [-0.2, -0.15) is 0 Å². The zero-order chi connectivity index (χ0) is 17.5. The summed E-state index contributed by atoms with van der Waals surface area (Å²) in [6.45, 7) is 3.85. The van der Waals surface area contributed by atoms with Crippen LogP contribution in [-0.2, 0) is 16.3 Å². The summed E-state index contributed by atoms with van der Waals surface area (Å²) in [6.07, 6.45) is 7.81. The van der Waals surface area contributed by atoms with Crippen molar-refractivity contribution in [3.8, 4) is 5.88 Å². The topological polar surface area (TPSA) is 78.1 Å². The van der Waals surface area contributed by atoms with Crippen LogP contribution in [0.15, 0.2) is 18.5 Å². The molecule has 1 aliphatic carbocycles. The predicted octanol–water partition coefficient (Wildman–Crippen LogP) is 3.16. The van der Waals surface area contributed by atoms with Crippen LogP contribution in [0.5, 0.6) is 5.88 Å². The molecule has 0 aromatic carbocycles. The maximum absolute atomic E-state index is 11.7. The zero-order valence-corrected chi connectivity index (χ0v) is 15.7. The fraction of sp³-hybridized carbons (Fsp3) is 0.529. The molecule has 0 radical (unpaired) electrons. The molecule has 0 spiro atoms. The molecule has 1 saturated carbocycles. The molecule has 2 aromatic heterocycles. The van der Waals surface area contributed by atoms with Crippen LogP contribution in [0.3, 0.4) is 0 Å². The van der Waals surface area contributed by atoms with Crippen molar-refractivity contribution in [1.29, 1.82) is 0 Å². The van der Waals surface area contributed by atoms with E-state index in [0.29, 0.717) is 11.0 Å². The highest BCUT2D eigenvalue weighted by Gasteiger charge is 2.30. The van der Waals surface area contributed by atoms with Crippen molar-refractivity contribution in [3.63, 3.8) is 0 Å². The average molecular weight is 368 g/mol. The number of hydrogen-bond donors (Lipinski definition) is 1. The van der Waals surface area contributed by atoms with E-state index in [4.69, 9.17) is 22.1 Å². The Morgan fingerprint density at radius 3 is 2.67 bits per heavy atom. The fourth-order valence-corrected chi connectivity index (χ4v) is 4.27. The number of nitrogens with two attached hydrogens (primary N) is 1. The van der Waals surface area contributed by atoms with Gasteiger partial charge < -0.3 is 10.5 Å². The van der Waals surface area contributed by atoms with E-state index in [1.807, 2.05) is 13.8 Å². The highest BCUT2D eigenvalue weighted by molar-refractivity contribution is 7.84. The van der Waals surface area contributed by atoms with Gasteiger partial charge in [-0.15, -0.1) is 0 Å². The lowest BCUT2D eigenvalue weighted by atomic mass is 9.93. The summed E-state index contributed by atoms with van der Waals surface area (Å²) in [6, 6.07) is 1.80. The number of aromatic nitrogens is 2. The van der Waals surface area contributed by atoms with Crippen molar-refractivity contribution in [2.45, 2.75) is 50.0 Å². The van der Waals surface area contributed by atoms with E-state index in [2.05, 4.69) is 9.97 Å². The van der Waals surface area contributed by atoms with E-state index in [1.165, 1.54) is 0 Å². The van der Waals surface area contributed by atoms with Gasteiger partial charge in [-0.25, -0.2) is 9.97 Å². The second-order valence-corrected chi connectivity index (χ2v) is 8.98. The third kappa shape index (κ3) is 3.55. The van der Waals surface area contributed by atoms with E-state index < -0.39 is 16.3 Å². The first kappa shape index (κ1) is 17.6. The summed E-state index contributed by atoms with van der Waals surface area (Å²) in [5.74, 6) is 0.537. The number of pyridine rings is 2. The summed E-state index contributed by atoms with van der Waals surface area (Å²) in [7, 11) is -0.812. The summed E-state index contributed by atoms with van der Waals surface area (Å²) in [5.41, 5.74) is 6.61. The number of rotatable bonds is 4. The molecule has 5 nitrogen and oxygen atoms in total. The number of fused-ring (bicyclic) bond motifs is 1. The van der Waals surface area contributed by atoms with Crippen molar-refractivity contribution in [2.24, 2.45) is 5.73 Å². The van der Waals surface area contributed by atoms with Crippen molar-refractivity contribution in [2.75, 3.05) is 6.26 Å². The summed E-state index contributed by atoms with van der Waals surface area (Å²) < 4.78 is 17.8. The minimum atomic E-state index is -0.812. The highest BCUT2D eigenvalue weighted by atomic mass is 35.5. The molecule has 2 heterocycles. The SMILES string of the molecule is CS(=O)C1CCC(Oc2ncc(C(C)(C)N)c3cc(Cl)ncc23)C1. The van der Waals surface area contributed by atoms with Gasteiger partial charge in [0.15, 0.2) is 0 Å². The Morgan fingerprint density at radius 2 is 2.04 bits per heavy atom. The minimum absolute atomic E-state index is 0.0296. The summed E-state index contributed by atoms with van der Waals surface area (Å²) in [4.78, 5) is 8.64. The first-order chi connectivity index (χ1) is 11.3. The van der Waals surface area contributed by atoms with Crippen LogP contribution >= 0.6 is 11.6 Å². The van der Waals surface area contributed by atoms with Crippen molar-refractivity contribution in [3.05, 3.63) is 29.2 Å². The van der Waals surface area contributed by atoms with Crippen LogP contribution in [0.2, 0.25) is 5.15 Å². The van der Waals surface area contributed by atoms with Gasteiger partial charge in [0.1, 0.15) is 11.3 Å². The van der Waals surface area contributed by atoms with E-state index in [0.717, 1.165) is 35.6 Å². The normalized spacial score (nSPS) is 22.7. The van der Waals surface area contributed by atoms with Crippen LogP contribution in [0.4, 0.5) is 0 Å². The maximum atomic E-state index is 11.7. The van der Waals surface area contributed by atoms with Gasteiger partial charge in [0.05, 0.1) is 5.39 Å². The fourth-order valence-electron chi connectivity index (χ4n) is 3.16. The largest absolute Gasteiger partial charge is 0.474 e. The van der Waals surface area contributed by atoms with Crippen molar-refractivity contribution < 1.29 is 8.95 Å². The molecule has 3 atom stereocenters. The second kappa shape index (κ2) is 6.58. The Morgan fingerprint density at radius 1 is 1.29 bits per heavy atom. The average Bonchev–Trinajstić information content (AvgIpc) is 2.94. The number of hydrogen-bond acceptors (Lipinski definition) is 5. The minimum Gasteiger partial charge on any atom is -0.474 e. The molecule has 0 saturated heterocycles. The Kier molecular flexibility index (Phi) is 4.82. The predicted molar refractivity (Wildman–Crippen MR) is 97.9 cm³/mol. The van der Waals surface area contributed by atoms with Gasteiger partial charge in [0.25, 0.3) is 0 Å². The monoisotopic (exact) mass is 367 g/mol. The first-order valence-electron chi connectivity index (χ1n) is 7.98. The maximum Gasteiger partial charge on any atom is 0.223 e. The van der Waals surface area contributed by atoms with Crippen LogP contribution in [0.25, 0.3) is 10.8 Å². The molecule has 1 fully saturated rings.